The molecule has 0 fully saturated rings. The van der Waals surface area contributed by atoms with Gasteiger partial charge in [0.05, 0.1) is 4.88 Å². The van der Waals surface area contributed by atoms with Crippen LogP contribution in [0.5, 0.6) is 0 Å². The van der Waals surface area contributed by atoms with Crippen molar-refractivity contribution in [1.29, 1.82) is 0 Å². The van der Waals surface area contributed by atoms with Crippen LogP contribution in [-0.2, 0) is 19.1 Å². The Morgan fingerprint density at radius 2 is 2.05 bits per heavy atom. The van der Waals surface area contributed by atoms with Crippen LogP contribution in [0.15, 0.2) is 24.3 Å². The summed E-state index contributed by atoms with van der Waals surface area (Å²) in [5.41, 5.74) is 6.91. The normalized spacial score (nSPS) is 18.3. The minimum atomic E-state index is -4.43. The Kier molecular flexibility index (Phi) is 3.30. The summed E-state index contributed by atoms with van der Waals surface area (Å²) in [5.74, 6) is -0.0300. The highest BCUT2D eigenvalue weighted by atomic mass is 32.1. The molecule has 0 spiro atoms. The van der Waals surface area contributed by atoms with Crippen molar-refractivity contribution >= 4 is 11.3 Å². The van der Waals surface area contributed by atoms with E-state index in [1.165, 1.54) is 5.56 Å². The number of aryl methyl sites for hydroxylation is 1. The average Bonchev–Trinajstić information content (AvgIpc) is 3.01. The molecule has 0 radical (unpaired) electrons. The summed E-state index contributed by atoms with van der Waals surface area (Å²) in [4.78, 5) is 3.97. The molecule has 1 heterocycles. The lowest BCUT2D eigenvalue weighted by atomic mass is 10.0. The van der Waals surface area contributed by atoms with Gasteiger partial charge in [-0.15, -0.1) is 11.3 Å². The Balaban J connectivity index is 2.03. The van der Waals surface area contributed by atoms with Crippen LogP contribution in [-0.4, -0.2) is 4.98 Å². The number of nitrogens with zero attached hydrogens (tertiary/aromatic N) is 1. The third-order valence-corrected chi connectivity index (χ3v) is 4.79. The van der Waals surface area contributed by atoms with E-state index in [1.54, 1.807) is 0 Å². The lowest BCUT2D eigenvalue weighted by Crippen LogP contribution is -2.11. The molecule has 0 bridgehead atoms. The Hall–Kier alpha value is -1.40. The molecule has 1 aromatic heterocycles. The van der Waals surface area contributed by atoms with Gasteiger partial charge in [0.2, 0.25) is 0 Å². The number of benzene rings is 1. The van der Waals surface area contributed by atoms with E-state index in [4.69, 9.17) is 5.73 Å². The summed E-state index contributed by atoms with van der Waals surface area (Å²) in [6, 6.07) is 7.87. The first-order chi connectivity index (χ1) is 9.50. The number of hydrogen-bond donors (Lipinski definition) is 1. The van der Waals surface area contributed by atoms with Crippen molar-refractivity contribution in [2.75, 3.05) is 0 Å². The first kappa shape index (κ1) is 13.6. The SMILES string of the molecule is NCc1sc(C2CCc3ccccc32)nc1C(F)(F)F. The number of rotatable bonds is 2. The van der Waals surface area contributed by atoms with Crippen molar-refractivity contribution in [3.05, 3.63) is 51.0 Å². The Morgan fingerprint density at radius 1 is 1.30 bits per heavy atom. The summed E-state index contributed by atoms with van der Waals surface area (Å²) in [5, 5.41) is 0.530. The molecule has 0 aliphatic heterocycles. The highest BCUT2D eigenvalue weighted by molar-refractivity contribution is 7.11. The van der Waals surface area contributed by atoms with Crippen LogP contribution >= 0.6 is 11.3 Å². The van der Waals surface area contributed by atoms with Crippen molar-refractivity contribution in [2.45, 2.75) is 31.5 Å². The molecule has 2 nitrogen and oxygen atoms in total. The number of fused-ring (bicyclic) bond motifs is 1. The molecule has 3 rings (SSSR count). The van der Waals surface area contributed by atoms with Crippen molar-refractivity contribution in [1.82, 2.24) is 4.98 Å². The number of aromatic nitrogens is 1. The van der Waals surface area contributed by atoms with Crippen molar-refractivity contribution in [3.8, 4) is 0 Å². The Bertz CT molecular complexity index is 634. The molecule has 1 aliphatic carbocycles. The molecule has 106 valence electrons. The fourth-order valence-electron chi connectivity index (χ4n) is 2.69. The third-order valence-electron chi connectivity index (χ3n) is 3.60. The Labute approximate surface area is 118 Å². The van der Waals surface area contributed by atoms with Gasteiger partial charge in [-0.25, -0.2) is 4.98 Å². The maximum atomic E-state index is 12.9. The van der Waals surface area contributed by atoms with Crippen LogP contribution in [0.4, 0.5) is 13.2 Å². The zero-order chi connectivity index (χ0) is 14.3. The molecular weight excluding hydrogens is 285 g/mol. The van der Waals surface area contributed by atoms with Crippen LogP contribution in [0.25, 0.3) is 0 Å². The molecule has 0 amide bonds. The molecular formula is C14H13F3N2S. The smallest absolute Gasteiger partial charge is 0.326 e. The summed E-state index contributed by atoms with van der Waals surface area (Å²) in [6.45, 7) is -0.124. The highest BCUT2D eigenvalue weighted by Gasteiger charge is 2.38. The molecule has 1 atom stereocenters. The zero-order valence-corrected chi connectivity index (χ0v) is 11.4. The fraction of sp³-hybridized carbons (Fsp3) is 0.357. The van der Waals surface area contributed by atoms with E-state index in [0.29, 0.717) is 5.01 Å². The van der Waals surface area contributed by atoms with Gasteiger partial charge in [-0.2, -0.15) is 13.2 Å². The van der Waals surface area contributed by atoms with Gasteiger partial charge in [0.1, 0.15) is 5.01 Å². The largest absolute Gasteiger partial charge is 0.434 e. The van der Waals surface area contributed by atoms with Crippen LogP contribution in [0.2, 0.25) is 0 Å². The molecule has 1 aromatic carbocycles. The molecule has 1 aliphatic rings. The number of alkyl halides is 3. The van der Waals surface area contributed by atoms with Gasteiger partial charge in [-0.3, -0.25) is 0 Å². The highest BCUT2D eigenvalue weighted by Crippen LogP contribution is 2.42. The molecule has 0 saturated carbocycles. The maximum absolute atomic E-state index is 12.9. The quantitative estimate of drug-likeness (QED) is 0.918. The fourth-order valence-corrected chi connectivity index (χ4v) is 3.81. The van der Waals surface area contributed by atoms with Gasteiger partial charge < -0.3 is 5.73 Å². The van der Waals surface area contributed by atoms with E-state index in [0.717, 1.165) is 29.7 Å². The average molecular weight is 298 g/mol. The number of halogens is 3. The second-order valence-corrected chi connectivity index (χ2v) is 5.93. The van der Waals surface area contributed by atoms with Crippen molar-refractivity contribution in [3.63, 3.8) is 0 Å². The van der Waals surface area contributed by atoms with Crippen molar-refractivity contribution < 1.29 is 13.2 Å². The lowest BCUT2D eigenvalue weighted by molar-refractivity contribution is -0.141. The first-order valence-electron chi connectivity index (χ1n) is 6.35. The minimum absolute atomic E-state index is 0.0300. The zero-order valence-electron chi connectivity index (χ0n) is 10.6. The van der Waals surface area contributed by atoms with Gasteiger partial charge >= 0.3 is 6.18 Å². The Morgan fingerprint density at radius 3 is 2.70 bits per heavy atom. The summed E-state index contributed by atoms with van der Waals surface area (Å²) in [6.07, 6.45) is -2.73. The van der Waals surface area contributed by atoms with E-state index in [-0.39, 0.29) is 17.3 Å². The molecule has 1 unspecified atom stereocenters. The monoisotopic (exact) mass is 298 g/mol. The van der Waals surface area contributed by atoms with Crippen LogP contribution < -0.4 is 5.73 Å². The predicted octanol–water partition coefficient (Wildman–Crippen LogP) is 3.70. The standard InChI is InChI=1S/C14H13F3N2S/c15-14(16,17)12-11(7-18)20-13(19-12)10-6-5-8-3-1-2-4-9(8)10/h1-4,10H,5-7,18H2. The second-order valence-electron chi connectivity index (χ2n) is 4.82. The number of hydrogen-bond acceptors (Lipinski definition) is 3. The number of nitrogens with two attached hydrogens (primary N) is 1. The maximum Gasteiger partial charge on any atom is 0.434 e. The van der Waals surface area contributed by atoms with E-state index in [2.05, 4.69) is 4.98 Å². The molecule has 2 aromatic rings. The second kappa shape index (κ2) is 4.86. The summed E-state index contributed by atoms with van der Waals surface area (Å²) >= 11 is 1.09. The summed E-state index contributed by atoms with van der Waals surface area (Å²) < 4.78 is 38.8. The van der Waals surface area contributed by atoms with Gasteiger partial charge in [0.15, 0.2) is 5.69 Å². The number of thiazole rings is 1. The van der Waals surface area contributed by atoms with E-state index in [9.17, 15) is 13.2 Å². The topological polar surface area (TPSA) is 38.9 Å². The van der Waals surface area contributed by atoms with E-state index >= 15 is 0 Å². The van der Waals surface area contributed by atoms with Gasteiger partial charge in [0, 0.05) is 12.5 Å². The summed E-state index contributed by atoms with van der Waals surface area (Å²) in [7, 11) is 0. The minimum Gasteiger partial charge on any atom is -0.326 e. The van der Waals surface area contributed by atoms with Crippen LogP contribution in [0.3, 0.4) is 0 Å². The third kappa shape index (κ3) is 2.23. The van der Waals surface area contributed by atoms with Crippen LogP contribution in [0, 0.1) is 0 Å². The van der Waals surface area contributed by atoms with Gasteiger partial charge in [-0.05, 0) is 24.0 Å². The van der Waals surface area contributed by atoms with Crippen LogP contribution in [0.1, 0.15) is 39.0 Å². The first-order valence-corrected chi connectivity index (χ1v) is 7.17. The predicted molar refractivity (Wildman–Crippen MR) is 71.6 cm³/mol. The molecule has 20 heavy (non-hydrogen) atoms. The van der Waals surface area contributed by atoms with Crippen molar-refractivity contribution in [2.24, 2.45) is 5.73 Å². The molecule has 0 saturated heterocycles. The van der Waals surface area contributed by atoms with Gasteiger partial charge in [0.25, 0.3) is 0 Å². The van der Waals surface area contributed by atoms with E-state index < -0.39 is 11.9 Å². The molecule has 2 N–H and O–H groups in total. The molecule has 6 heteroatoms. The lowest BCUT2D eigenvalue weighted by Gasteiger charge is -2.07. The van der Waals surface area contributed by atoms with E-state index in [1.807, 2.05) is 24.3 Å². The van der Waals surface area contributed by atoms with Gasteiger partial charge in [-0.1, -0.05) is 24.3 Å².